The van der Waals surface area contributed by atoms with E-state index in [1.54, 1.807) is 18.2 Å². The van der Waals surface area contributed by atoms with Gasteiger partial charge >= 0.3 is 5.97 Å². The molecule has 1 fully saturated rings. The molecule has 2 aromatic rings. The molecule has 1 saturated heterocycles. The van der Waals surface area contributed by atoms with Crippen molar-refractivity contribution in [3.05, 3.63) is 71.3 Å². The number of carbonyl (C=O) groups is 2. The van der Waals surface area contributed by atoms with E-state index < -0.39 is 5.97 Å². The second-order valence-electron chi connectivity index (χ2n) is 8.04. The molecule has 148 valence electrons. The number of ether oxygens (including phenoxy) is 1. The van der Waals surface area contributed by atoms with Gasteiger partial charge in [0.1, 0.15) is 0 Å². The summed E-state index contributed by atoms with van der Waals surface area (Å²) in [6.07, 6.45) is 2.53. The maximum atomic E-state index is 12.6. The summed E-state index contributed by atoms with van der Waals surface area (Å²) in [5.74, 6) is -1.45. The molecule has 28 heavy (non-hydrogen) atoms. The van der Waals surface area contributed by atoms with Gasteiger partial charge in [-0.25, -0.2) is 4.79 Å². The maximum absolute atomic E-state index is 12.6. The third-order valence-electron chi connectivity index (χ3n) is 5.51. The average Bonchev–Trinajstić information content (AvgIpc) is 2.68. The molecule has 5 nitrogen and oxygen atoms in total. The van der Waals surface area contributed by atoms with Crippen molar-refractivity contribution in [2.75, 3.05) is 13.2 Å². The number of carboxylic acid groups (broad SMARTS) is 1. The molecule has 3 rings (SSSR count). The molecule has 1 aliphatic rings. The van der Waals surface area contributed by atoms with E-state index in [4.69, 9.17) is 4.74 Å². The van der Waals surface area contributed by atoms with Gasteiger partial charge in [-0.1, -0.05) is 42.5 Å². The molecule has 1 heterocycles. The van der Waals surface area contributed by atoms with Gasteiger partial charge in [0.2, 0.25) is 0 Å². The smallest absolute Gasteiger partial charge is 0.336 e. The van der Waals surface area contributed by atoms with Crippen LogP contribution in [0.4, 0.5) is 0 Å². The first kappa shape index (κ1) is 20.1. The third-order valence-corrected chi connectivity index (χ3v) is 5.51. The Bertz CT molecular complexity index is 847. The Balaban J connectivity index is 1.75. The Morgan fingerprint density at radius 2 is 1.68 bits per heavy atom. The predicted octanol–water partition coefficient (Wildman–Crippen LogP) is 4.03. The fourth-order valence-electron chi connectivity index (χ4n) is 4.25. The first-order chi connectivity index (χ1) is 13.3. The fraction of sp³-hybridized carbons (Fsp3) is 0.391. The van der Waals surface area contributed by atoms with E-state index in [1.807, 2.05) is 18.2 Å². The van der Waals surface area contributed by atoms with Crippen molar-refractivity contribution in [3.8, 4) is 0 Å². The van der Waals surface area contributed by atoms with E-state index in [2.05, 4.69) is 31.3 Å². The number of amides is 1. The lowest BCUT2D eigenvalue weighted by molar-refractivity contribution is -0.0838. The quantitative estimate of drug-likeness (QED) is 0.792. The lowest BCUT2D eigenvalue weighted by Gasteiger charge is -2.45. The van der Waals surface area contributed by atoms with E-state index in [0.29, 0.717) is 13.2 Å². The van der Waals surface area contributed by atoms with Gasteiger partial charge in [0.05, 0.1) is 16.7 Å². The molecule has 5 heteroatoms. The number of carboxylic acids is 1. The number of nitrogens with one attached hydrogen (secondary N) is 1. The van der Waals surface area contributed by atoms with Gasteiger partial charge in [-0.2, -0.15) is 0 Å². The summed E-state index contributed by atoms with van der Waals surface area (Å²) < 4.78 is 5.93. The topological polar surface area (TPSA) is 75.6 Å². The number of carbonyl (C=O) groups excluding carboxylic acids is 1. The van der Waals surface area contributed by atoms with Gasteiger partial charge in [-0.15, -0.1) is 0 Å². The Morgan fingerprint density at radius 1 is 1.04 bits per heavy atom. The minimum Gasteiger partial charge on any atom is -0.478 e. The van der Waals surface area contributed by atoms with Crippen LogP contribution < -0.4 is 5.32 Å². The van der Waals surface area contributed by atoms with E-state index in [0.717, 1.165) is 19.3 Å². The summed E-state index contributed by atoms with van der Waals surface area (Å²) in [5.41, 5.74) is 1.16. The summed E-state index contributed by atoms with van der Waals surface area (Å²) in [4.78, 5) is 23.9. The molecule has 0 saturated carbocycles. The molecule has 0 aromatic heterocycles. The Morgan fingerprint density at radius 3 is 2.32 bits per heavy atom. The number of aromatic carboxylic acids is 1. The highest BCUT2D eigenvalue weighted by molar-refractivity contribution is 6.04. The van der Waals surface area contributed by atoms with Crippen LogP contribution in [0.25, 0.3) is 0 Å². The first-order valence-corrected chi connectivity index (χ1v) is 9.63. The van der Waals surface area contributed by atoms with E-state index >= 15 is 0 Å². The minimum atomic E-state index is -1.10. The number of rotatable bonds is 6. The van der Waals surface area contributed by atoms with Crippen LogP contribution in [0, 0.1) is 0 Å². The van der Waals surface area contributed by atoms with Gasteiger partial charge in [0.15, 0.2) is 0 Å². The molecule has 0 bridgehead atoms. The third kappa shape index (κ3) is 4.42. The van der Waals surface area contributed by atoms with Crippen LogP contribution in [0.3, 0.4) is 0 Å². The monoisotopic (exact) mass is 381 g/mol. The van der Waals surface area contributed by atoms with Crippen LogP contribution in [-0.4, -0.2) is 35.7 Å². The van der Waals surface area contributed by atoms with Crippen molar-refractivity contribution in [1.82, 2.24) is 5.32 Å². The molecular formula is C23H27NO4. The molecule has 0 radical (unpaired) electrons. The van der Waals surface area contributed by atoms with Gasteiger partial charge in [0, 0.05) is 18.6 Å². The van der Waals surface area contributed by atoms with Crippen molar-refractivity contribution in [1.29, 1.82) is 0 Å². The van der Waals surface area contributed by atoms with E-state index in [-0.39, 0.29) is 28.1 Å². The van der Waals surface area contributed by atoms with Gasteiger partial charge in [-0.05, 0) is 50.8 Å². The second kappa shape index (κ2) is 8.15. The maximum Gasteiger partial charge on any atom is 0.336 e. The molecule has 1 amide bonds. The summed E-state index contributed by atoms with van der Waals surface area (Å²) in [5, 5.41) is 12.2. The van der Waals surface area contributed by atoms with Crippen molar-refractivity contribution in [2.24, 2.45) is 0 Å². The number of hydrogen-bond acceptors (Lipinski definition) is 3. The molecular weight excluding hydrogens is 354 g/mol. The Hall–Kier alpha value is -2.66. The van der Waals surface area contributed by atoms with Crippen molar-refractivity contribution < 1.29 is 19.4 Å². The standard InChI is InChI=1S/C23H27NO4/c1-22(2)16-23(13-15-28-22,17-8-4-3-5-9-17)12-14-24-20(25)18-10-6-7-11-19(18)21(26)27/h3-11H,12-16H2,1-2H3,(H,24,25)(H,26,27)/t23-/m0/s1. The molecule has 1 aliphatic heterocycles. The van der Waals surface area contributed by atoms with Crippen LogP contribution >= 0.6 is 0 Å². The average molecular weight is 381 g/mol. The zero-order valence-electron chi connectivity index (χ0n) is 16.4. The molecule has 0 spiro atoms. The Kier molecular flexibility index (Phi) is 5.84. The van der Waals surface area contributed by atoms with Crippen LogP contribution in [0.1, 0.15) is 59.4 Å². The highest BCUT2D eigenvalue weighted by atomic mass is 16.5. The minimum absolute atomic E-state index is 0.0185. The van der Waals surface area contributed by atoms with Crippen LogP contribution in [0.5, 0.6) is 0 Å². The summed E-state index contributed by atoms with van der Waals surface area (Å²) in [6.45, 7) is 5.35. The molecule has 0 unspecified atom stereocenters. The lowest BCUT2D eigenvalue weighted by Crippen LogP contribution is -2.45. The summed E-state index contributed by atoms with van der Waals surface area (Å²) in [7, 11) is 0. The molecule has 1 atom stereocenters. The normalized spacial score (nSPS) is 21.1. The highest BCUT2D eigenvalue weighted by Crippen LogP contribution is 2.43. The predicted molar refractivity (Wildman–Crippen MR) is 108 cm³/mol. The second-order valence-corrected chi connectivity index (χ2v) is 8.04. The summed E-state index contributed by atoms with van der Waals surface area (Å²) >= 11 is 0. The van der Waals surface area contributed by atoms with Gasteiger partial charge in [-0.3, -0.25) is 4.79 Å². The van der Waals surface area contributed by atoms with Crippen molar-refractivity contribution in [2.45, 2.75) is 44.1 Å². The van der Waals surface area contributed by atoms with Crippen molar-refractivity contribution in [3.63, 3.8) is 0 Å². The Labute approximate surface area is 165 Å². The molecule has 2 aromatic carbocycles. The number of hydrogen-bond donors (Lipinski definition) is 2. The zero-order valence-corrected chi connectivity index (χ0v) is 16.4. The molecule has 0 aliphatic carbocycles. The first-order valence-electron chi connectivity index (χ1n) is 9.63. The fourth-order valence-corrected chi connectivity index (χ4v) is 4.25. The SMILES string of the molecule is CC1(C)C[C@@](CCNC(=O)c2ccccc2C(=O)O)(c2ccccc2)CCO1. The van der Waals surface area contributed by atoms with Crippen molar-refractivity contribution >= 4 is 11.9 Å². The van der Waals surface area contributed by atoms with E-state index in [9.17, 15) is 14.7 Å². The van der Waals surface area contributed by atoms with Crippen LogP contribution in [-0.2, 0) is 10.2 Å². The summed E-state index contributed by atoms with van der Waals surface area (Å²) in [6, 6.07) is 16.7. The zero-order chi connectivity index (χ0) is 20.2. The largest absolute Gasteiger partial charge is 0.478 e. The van der Waals surface area contributed by atoms with Gasteiger partial charge < -0.3 is 15.2 Å². The number of benzene rings is 2. The molecule has 2 N–H and O–H groups in total. The van der Waals surface area contributed by atoms with Gasteiger partial charge in [0.25, 0.3) is 5.91 Å². The van der Waals surface area contributed by atoms with Crippen LogP contribution in [0.15, 0.2) is 54.6 Å². The van der Waals surface area contributed by atoms with Crippen LogP contribution in [0.2, 0.25) is 0 Å². The van der Waals surface area contributed by atoms with E-state index in [1.165, 1.54) is 11.6 Å². The lowest BCUT2D eigenvalue weighted by atomic mass is 9.67. The highest BCUT2D eigenvalue weighted by Gasteiger charge is 2.41.